The van der Waals surface area contributed by atoms with Crippen molar-refractivity contribution >= 4 is 57.8 Å². The number of benzene rings is 4. The van der Waals surface area contributed by atoms with Gasteiger partial charge in [-0.25, -0.2) is 13.6 Å². The van der Waals surface area contributed by atoms with Crippen LogP contribution in [0.3, 0.4) is 0 Å². The highest BCUT2D eigenvalue weighted by molar-refractivity contribution is 6.34. The van der Waals surface area contributed by atoms with Gasteiger partial charge in [-0.15, -0.1) is 0 Å². The van der Waals surface area contributed by atoms with Crippen LogP contribution in [0.1, 0.15) is 105 Å². The number of nitrogens with one attached hydrogen (secondary N) is 4. The molecule has 2 aliphatic carbocycles. The number of carbonyl (C=O) groups is 4. The lowest BCUT2D eigenvalue weighted by atomic mass is 9.77. The van der Waals surface area contributed by atoms with E-state index in [1.165, 1.54) is 30.2 Å². The molecule has 14 nitrogen and oxygen atoms in total. The zero-order chi connectivity index (χ0) is 48.6. The van der Waals surface area contributed by atoms with Gasteiger partial charge in [0.15, 0.2) is 23.0 Å². The number of rotatable bonds is 15. The molecule has 0 spiro atoms. The molecule has 2 aliphatic heterocycles. The van der Waals surface area contributed by atoms with Crippen LogP contribution in [-0.2, 0) is 22.2 Å². The molecule has 2 atom stereocenters. The van der Waals surface area contributed by atoms with E-state index >= 15 is 8.78 Å². The van der Waals surface area contributed by atoms with Crippen LogP contribution in [0.5, 0.6) is 11.5 Å². The van der Waals surface area contributed by atoms with Crippen molar-refractivity contribution < 1.29 is 37.4 Å². The molecule has 0 radical (unpaired) electrons. The highest BCUT2D eigenvalue weighted by atomic mass is 35.5. The number of methoxy groups -OCH3 is 1. The lowest BCUT2D eigenvalue weighted by Crippen LogP contribution is -2.49. The second kappa shape index (κ2) is 20.0. The van der Waals surface area contributed by atoms with E-state index in [0.717, 1.165) is 92.9 Å². The van der Waals surface area contributed by atoms with Gasteiger partial charge >= 0.3 is 6.03 Å². The van der Waals surface area contributed by atoms with Gasteiger partial charge in [0.2, 0.25) is 17.7 Å². The molecular weight excluding hydrogens is 906 g/mol. The largest absolute Gasteiger partial charge is 0.494 e. The third kappa shape index (κ3) is 9.32. The number of anilines is 2. The third-order valence-corrected chi connectivity index (χ3v) is 15.3. The Kier molecular flexibility index (Phi) is 13.8. The summed E-state index contributed by atoms with van der Waals surface area (Å²) in [6.07, 6.45) is 9.40. The zero-order valence-corrected chi connectivity index (χ0v) is 39.9. The summed E-state index contributed by atoms with van der Waals surface area (Å²) in [7, 11) is 3.16. The van der Waals surface area contributed by atoms with Gasteiger partial charge in [0.1, 0.15) is 11.6 Å². The molecule has 364 valence electrons. The Bertz CT molecular complexity index is 2770. The molecule has 2 saturated carbocycles. The van der Waals surface area contributed by atoms with Gasteiger partial charge < -0.3 is 31.2 Å². The van der Waals surface area contributed by atoms with E-state index < -0.39 is 35.1 Å². The highest BCUT2D eigenvalue weighted by Crippen LogP contribution is 2.56. The number of nitrogens with zero attached hydrogens (tertiary/aromatic N) is 3. The lowest BCUT2D eigenvalue weighted by Gasteiger charge is -2.37. The molecule has 9 rings (SSSR count). The fraction of sp³-hybridized carbons (Fsp3) is 0.442. The molecule has 2 unspecified atom stereocenters. The fourth-order valence-electron chi connectivity index (χ4n) is 11.2. The van der Waals surface area contributed by atoms with E-state index in [0.29, 0.717) is 23.8 Å². The maximum atomic E-state index is 16.2. The molecule has 4 aliphatic rings. The first kappa shape index (κ1) is 47.8. The van der Waals surface area contributed by atoms with Crippen molar-refractivity contribution in [3.05, 3.63) is 100 Å². The maximum absolute atomic E-state index is 16.2. The molecule has 3 fully saturated rings. The quantitative estimate of drug-likeness (QED) is 0.0641. The van der Waals surface area contributed by atoms with Crippen molar-refractivity contribution in [2.24, 2.45) is 24.6 Å². The van der Waals surface area contributed by atoms with E-state index in [9.17, 15) is 19.2 Å². The summed E-state index contributed by atoms with van der Waals surface area (Å²) >= 11 is 6.69. The number of ether oxygens (including phenoxy) is 2. The van der Waals surface area contributed by atoms with E-state index in [1.54, 1.807) is 4.68 Å². The Morgan fingerprint density at radius 1 is 0.971 bits per heavy atom. The number of hydrogen-bond donors (Lipinski definition) is 5. The first-order valence-corrected chi connectivity index (χ1v) is 24.4. The number of urea groups is 1. The minimum atomic E-state index is -1.07. The Hall–Kier alpha value is -6.26. The lowest BCUT2D eigenvalue weighted by molar-refractivity contribution is -0.127. The number of fused-ring (bicyclic) bond motifs is 2. The van der Waals surface area contributed by atoms with Crippen molar-refractivity contribution in [2.45, 2.75) is 101 Å². The second-order valence-corrected chi connectivity index (χ2v) is 19.4. The Morgan fingerprint density at radius 2 is 1.71 bits per heavy atom. The molecule has 5 amide bonds. The SMILES string of the molecule is COc1ccc(C(N)=O)c(-c2c(Cl)c(F)cc3c2C(C)C(CNC2CCC(C(=O)NC4CCC(CCCNc5cccc6c(N7CCC(=O)NC7=O)nn(C)c56)CC4)CC2)(c2ccccc2)O3)c1F. The minimum absolute atomic E-state index is 0.00473. The number of carbonyl (C=O) groups excluding carboxylic acids is 4. The van der Waals surface area contributed by atoms with Crippen LogP contribution < -0.4 is 41.4 Å². The number of hydrogen-bond acceptors (Lipinski definition) is 9. The van der Waals surface area contributed by atoms with Crippen LogP contribution >= 0.6 is 11.6 Å². The van der Waals surface area contributed by atoms with Crippen molar-refractivity contribution in [1.82, 2.24) is 25.7 Å². The van der Waals surface area contributed by atoms with Crippen LogP contribution in [0.2, 0.25) is 5.02 Å². The Balaban J connectivity index is 0.770. The van der Waals surface area contributed by atoms with Gasteiger partial charge in [-0.05, 0) is 100.0 Å². The number of imide groups is 1. The molecule has 6 N–H and O–H groups in total. The summed E-state index contributed by atoms with van der Waals surface area (Å²) in [6, 6.07) is 19.2. The smallest absolute Gasteiger partial charge is 0.329 e. The zero-order valence-electron chi connectivity index (χ0n) is 39.1. The number of primary amides is 1. The predicted octanol–water partition coefficient (Wildman–Crippen LogP) is 8.83. The maximum Gasteiger partial charge on any atom is 0.329 e. The summed E-state index contributed by atoms with van der Waals surface area (Å²) < 4.78 is 45.8. The number of amides is 5. The third-order valence-electron chi connectivity index (χ3n) is 15.0. The summed E-state index contributed by atoms with van der Waals surface area (Å²) in [5.74, 6) is -2.20. The Morgan fingerprint density at radius 3 is 2.42 bits per heavy atom. The predicted molar refractivity (Wildman–Crippen MR) is 261 cm³/mol. The molecule has 69 heavy (non-hydrogen) atoms. The van der Waals surface area contributed by atoms with Gasteiger partial charge in [-0.3, -0.25) is 29.3 Å². The molecule has 4 aromatic carbocycles. The normalized spacial score (nSPS) is 23.6. The summed E-state index contributed by atoms with van der Waals surface area (Å²) in [6.45, 7) is 3.33. The molecule has 1 aromatic heterocycles. The van der Waals surface area contributed by atoms with Gasteiger partial charge in [-0.2, -0.15) is 5.10 Å². The highest BCUT2D eigenvalue weighted by Gasteiger charge is 2.50. The van der Waals surface area contributed by atoms with Crippen molar-refractivity contribution in [2.75, 3.05) is 37.0 Å². The molecular formula is C52H59ClF2N8O6. The number of aromatic nitrogens is 2. The van der Waals surface area contributed by atoms with E-state index in [-0.39, 0.29) is 76.0 Å². The van der Waals surface area contributed by atoms with Crippen molar-refractivity contribution in [1.29, 1.82) is 0 Å². The minimum Gasteiger partial charge on any atom is -0.494 e. The Labute approximate surface area is 405 Å². The summed E-state index contributed by atoms with van der Waals surface area (Å²) in [5.41, 5.74) is 7.38. The molecule has 1 saturated heterocycles. The van der Waals surface area contributed by atoms with Crippen molar-refractivity contribution in [3.63, 3.8) is 0 Å². The average Bonchev–Trinajstić information content (AvgIpc) is 3.83. The average molecular weight is 966 g/mol. The van der Waals surface area contributed by atoms with Crippen LogP contribution in [-0.4, -0.2) is 72.4 Å². The van der Waals surface area contributed by atoms with Crippen molar-refractivity contribution in [3.8, 4) is 22.6 Å². The molecule has 0 bridgehead atoms. The number of aryl methyl sites for hydroxylation is 1. The molecule has 5 aromatic rings. The number of para-hydroxylation sites is 1. The number of nitrogens with two attached hydrogens (primary N) is 1. The summed E-state index contributed by atoms with van der Waals surface area (Å²) in [4.78, 5) is 52.1. The fourth-order valence-corrected chi connectivity index (χ4v) is 11.4. The standard InChI is InChI=1S/C52H59ClF2N8O6/c1-29-42-40(27-37(54)45(53)44(42)43-35(48(56)65)22-23-39(68-3)46(43)55)69-52(29,32-10-5-4-6-11-32)28-58-33-20-16-31(17-21-33)50(66)59-34-18-14-30(15-19-34)9-8-25-57-38-13-7-12-36-47(38)62(2)61-49(36)63-26-24-41(64)60-51(63)67/h4-7,10-13,22-23,27,29-31,33-34,57-58H,8-9,14-21,24-26,28H2,1-3H3,(H2,56,65)(H,59,66)(H,60,64,67). The first-order valence-electron chi connectivity index (χ1n) is 24.1. The van der Waals surface area contributed by atoms with Gasteiger partial charge in [0.05, 0.1) is 28.9 Å². The van der Waals surface area contributed by atoms with Gasteiger partial charge in [-0.1, -0.05) is 54.9 Å². The van der Waals surface area contributed by atoms with Crippen LogP contribution in [0.25, 0.3) is 22.0 Å². The summed E-state index contributed by atoms with van der Waals surface area (Å²) in [5, 5.41) is 18.2. The van der Waals surface area contributed by atoms with E-state index in [4.69, 9.17) is 26.8 Å². The van der Waals surface area contributed by atoms with Crippen LogP contribution in [0.4, 0.5) is 25.1 Å². The van der Waals surface area contributed by atoms with Gasteiger partial charge in [0.25, 0.3) is 0 Å². The van der Waals surface area contributed by atoms with E-state index in [1.807, 2.05) is 62.5 Å². The van der Waals surface area contributed by atoms with Crippen LogP contribution in [0.15, 0.2) is 66.7 Å². The van der Waals surface area contributed by atoms with Crippen LogP contribution in [0, 0.1) is 23.5 Å². The molecule has 3 heterocycles. The first-order chi connectivity index (χ1) is 33.3. The second-order valence-electron chi connectivity index (χ2n) is 19.0. The monoisotopic (exact) mass is 964 g/mol. The van der Waals surface area contributed by atoms with Gasteiger partial charge in [0, 0.05) is 85.2 Å². The number of halogens is 3. The molecule has 17 heteroatoms. The topological polar surface area (TPSA) is 182 Å². The van der Waals surface area contributed by atoms with E-state index in [2.05, 4.69) is 26.4 Å².